The zero-order chi connectivity index (χ0) is 14.4. The van der Waals surface area contributed by atoms with Crippen molar-refractivity contribution in [3.8, 4) is 12.1 Å². The van der Waals surface area contributed by atoms with Crippen molar-refractivity contribution >= 4 is 18.2 Å². The predicted octanol–water partition coefficient (Wildman–Crippen LogP) is 2.25. The molecule has 0 unspecified atom stereocenters. The van der Waals surface area contributed by atoms with Crippen LogP contribution in [0.1, 0.15) is 23.4 Å². The Hall–Kier alpha value is -2.63. The number of nitrogens with zero attached hydrogens (tertiary/aromatic N) is 4. The molecule has 0 bridgehead atoms. The summed E-state index contributed by atoms with van der Waals surface area (Å²) in [5.74, 6) is 0.00671. The lowest BCUT2D eigenvalue weighted by Crippen LogP contribution is -2.11. The van der Waals surface area contributed by atoms with Crippen molar-refractivity contribution < 1.29 is 4.79 Å². The fourth-order valence-corrected chi connectivity index (χ4v) is 1.90. The van der Waals surface area contributed by atoms with E-state index in [0.717, 1.165) is 5.56 Å². The SMILES string of the molecule is Cl.N#Cc1ncn(CC(=O)CCc2ccccc2)c1C#N. The van der Waals surface area contributed by atoms with Crippen LogP contribution in [0.4, 0.5) is 0 Å². The Morgan fingerprint density at radius 2 is 1.90 bits per heavy atom. The van der Waals surface area contributed by atoms with E-state index in [4.69, 9.17) is 10.5 Å². The molecule has 0 saturated heterocycles. The highest BCUT2D eigenvalue weighted by molar-refractivity contribution is 5.85. The fourth-order valence-electron chi connectivity index (χ4n) is 1.90. The van der Waals surface area contributed by atoms with Gasteiger partial charge in [-0.1, -0.05) is 30.3 Å². The maximum atomic E-state index is 11.9. The molecule has 1 aromatic heterocycles. The first kappa shape index (κ1) is 16.4. The average molecular weight is 301 g/mol. The van der Waals surface area contributed by atoms with Crippen LogP contribution in [0.15, 0.2) is 36.7 Å². The molecule has 0 aliphatic heterocycles. The average Bonchev–Trinajstić information content (AvgIpc) is 2.88. The molecule has 21 heavy (non-hydrogen) atoms. The number of rotatable bonds is 5. The molecule has 2 aromatic rings. The highest BCUT2D eigenvalue weighted by Gasteiger charge is 2.12. The first-order valence-electron chi connectivity index (χ1n) is 6.15. The van der Waals surface area contributed by atoms with E-state index in [0.29, 0.717) is 12.8 Å². The third-order valence-electron chi connectivity index (χ3n) is 2.93. The standard InChI is InChI=1S/C15H12N4O.ClH/c16-8-14-15(9-17)19(11-18-14)10-13(20)7-6-12-4-2-1-3-5-12;/h1-5,11H,6-7,10H2;1H. The normalized spacial score (nSPS) is 9.24. The van der Waals surface area contributed by atoms with Crippen LogP contribution in [-0.4, -0.2) is 15.3 Å². The summed E-state index contributed by atoms with van der Waals surface area (Å²) in [6, 6.07) is 13.5. The second-order valence-electron chi connectivity index (χ2n) is 4.32. The Labute approximate surface area is 128 Å². The first-order valence-corrected chi connectivity index (χ1v) is 6.15. The zero-order valence-corrected chi connectivity index (χ0v) is 12.0. The van der Waals surface area contributed by atoms with Crippen LogP contribution in [0, 0.1) is 22.7 Å². The largest absolute Gasteiger partial charge is 0.314 e. The monoisotopic (exact) mass is 300 g/mol. The van der Waals surface area contributed by atoms with Crippen molar-refractivity contribution in [2.24, 2.45) is 0 Å². The zero-order valence-electron chi connectivity index (χ0n) is 11.2. The number of aromatic nitrogens is 2. The molecule has 2 rings (SSSR count). The van der Waals surface area contributed by atoms with Crippen LogP contribution in [0.3, 0.4) is 0 Å². The molecular formula is C15H13ClN4O. The van der Waals surface area contributed by atoms with E-state index in [2.05, 4.69) is 4.98 Å². The lowest BCUT2D eigenvalue weighted by Gasteiger charge is -2.03. The minimum atomic E-state index is 0. The van der Waals surface area contributed by atoms with E-state index in [1.54, 1.807) is 0 Å². The second kappa shape index (κ2) is 7.84. The van der Waals surface area contributed by atoms with Gasteiger partial charge in [-0.2, -0.15) is 10.5 Å². The van der Waals surface area contributed by atoms with Gasteiger partial charge in [0.1, 0.15) is 12.1 Å². The minimum Gasteiger partial charge on any atom is -0.314 e. The summed E-state index contributed by atoms with van der Waals surface area (Å²) in [6.45, 7) is 0.0738. The van der Waals surface area contributed by atoms with Crippen LogP contribution < -0.4 is 0 Å². The summed E-state index contributed by atoms with van der Waals surface area (Å²) in [5, 5.41) is 17.8. The molecule has 0 N–H and O–H groups in total. The van der Waals surface area contributed by atoms with Gasteiger partial charge < -0.3 is 4.57 Å². The Kier molecular flexibility index (Phi) is 6.13. The number of ketones is 1. The molecule has 0 aliphatic rings. The van der Waals surface area contributed by atoms with Crippen LogP contribution >= 0.6 is 12.4 Å². The van der Waals surface area contributed by atoms with Crippen molar-refractivity contribution in [2.75, 3.05) is 0 Å². The molecule has 0 fully saturated rings. The van der Waals surface area contributed by atoms with Gasteiger partial charge >= 0.3 is 0 Å². The van der Waals surface area contributed by atoms with Crippen molar-refractivity contribution in [3.63, 3.8) is 0 Å². The van der Waals surface area contributed by atoms with Gasteiger partial charge in [-0.3, -0.25) is 4.79 Å². The molecule has 0 radical (unpaired) electrons. The van der Waals surface area contributed by atoms with Crippen molar-refractivity contribution in [1.29, 1.82) is 10.5 Å². The predicted molar refractivity (Wildman–Crippen MR) is 78.7 cm³/mol. The van der Waals surface area contributed by atoms with Gasteiger partial charge in [-0.15, -0.1) is 12.4 Å². The van der Waals surface area contributed by atoms with Gasteiger partial charge in [0, 0.05) is 6.42 Å². The van der Waals surface area contributed by atoms with Crippen molar-refractivity contribution in [2.45, 2.75) is 19.4 Å². The van der Waals surface area contributed by atoms with Crippen LogP contribution in [-0.2, 0) is 17.8 Å². The fraction of sp³-hybridized carbons (Fsp3) is 0.200. The first-order chi connectivity index (χ1) is 9.74. The van der Waals surface area contributed by atoms with E-state index in [-0.39, 0.29) is 36.1 Å². The summed E-state index contributed by atoms with van der Waals surface area (Å²) in [7, 11) is 0. The molecule has 106 valence electrons. The maximum absolute atomic E-state index is 11.9. The van der Waals surface area contributed by atoms with Crippen molar-refractivity contribution in [1.82, 2.24) is 9.55 Å². The molecule has 6 heteroatoms. The summed E-state index contributed by atoms with van der Waals surface area (Å²) in [4.78, 5) is 15.7. The van der Waals surface area contributed by atoms with E-state index < -0.39 is 0 Å². The topological polar surface area (TPSA) is 82.5 Å². The van der Waals surface area contributed by atoms with Crippen molar-refractivity contribution in [3.05, 3.63) is 53.6 Å². The highest BCUT2D eigenvalue weighted by atomic mass is 35.5. The molecule has 5 nitrogen and oxygen atoms in total. The molecule has 1 heterocycles. The van der Waals surface area contributed by atoms with Gasteiger partial charge in [-0.25, -0.2) is 4.98 Å². The van der Waals surface area contributed by atoms with Gasteiger partial charge in [0.05, 0.1) is 12.9 Å². The number of carbonyl (C=O) groups excluding carboxylic acids is 1. The number of benzene rings is 1. The minimum absolute atomic E-state index is 0. The molecule has 0 aliphatic carbocycles. The van der Waals surface area contributed by atoms with E-state index in [1.807, 2.05) is 42.5 Å². The number of Topliss-reactive ketones (excluding diaryl/α,β-unsaturated/α-hetero) is 1. The summed E-state index contributed by atoms with van der Waals surface area (Å²) >= 11 is 0. The van der Waals surface area contributed by atoms with E-state index >= 15 is 0 Å². The number of carbonyl (C=O) groups is 1. The number of imidazole rings is 1. The molecule has 0 saturated carbocycles. The Balaban J connectivity index is 0.00000220. The Morgan fingerprint density at radius 3 is 2.52 bits per heavy atom. The van der Waals surface area contributed by atoms with Crippen LogP contribution in [0.5, 0.6) is 0 Å². The third-order valence-corrected chi connectivity index (χ3v) is 2.93. The molecule has 0 spiro atoms. The van der Waals surface area contributed by atoms with Gasteiger partial charge in [0.15, 0.2) is 17.2 Å². The lowest BCUT2D eigenvalue weighted by atomic mass is 10.1. The van der Waals surface area contributed by atoms with Crippen LogP contribution in [0.2, 0.25) is 0 Å². The molecule has 0 amide bonds. The van der Waals surface area contributed by atoms with E-state index in [1.165, 1.54) is 10.9 Å². The summed E-state index contributed by atoms with van der Waals surface area (Å²) in [5.41, 5.74) is 1.30. The van der Waals surface area contributed by atoms with Gasteiger partial charge in [0.25, 0.3) is 0 Å². The second-order valence-corrected chi connectivity index (χ2v) is 4.32. The van der Waals surface area contributed by atoms with Crippen LogP contribution in [0.25, 0.3) is 0 Å². The number of hydrogen-bond donors (Lipinski definition) is 0. The number of nitriles is 2. The summed E-state index contributed by atoms with van der Waals surface area (Å²) < 4.78 is 1.42. The quantitative estimate of drug-likeness (QED) is 0.848. The summed E-state index contributed by atoms with van der Waals surface area (Å²) in [6.07, 6.45) is 2.42. The number of aryl methyl sites for hydroxylation is 1. The van der Waals surface area contributed by atoms with E-state index in [9.17, 15) is 4.79 Å². The molecular weight excluding hydrogens is 288 g/mol. The highest BCUT2D eigenvalue weighted by Crippen LogP contribution is 2.07. The Bertz CT molecular complexity index is 695. The number of halogens is 1. The maximum Gasteiger partial charge on any atom is 0.176 e. The lowest BCUT2D eigenvalue weighted by molar-refractivity contribution is -0.119. The molecule has 0 atom stereocenters. The van der Waals surface area contributed by atoms with Gasteiger partial charge in [0.2, 0.25) is 0 Å². The Morgan fingerprint density at radius 1 is 1.19 bits per heavy atom. The number of hydrogen-bond acceptors (Lipinski definition) is 4. The smallest absolute Gasteiger partial charge is 0.176 e. The molecule has 1 aromatic carbocycles. The van der Waals surface area contributed by atoms with Gasteiger partial charge in [-0.05, 0) is 12.0 Å². The third kappa shape index (κ3) is 4.17.